The van der Waals surface area contributed by atoms with Crippen LogP contribution < -0.4 is 0 Å². The third-order valence-electron chi connectivity index (χ3n) is 1.36. The summed E-state index contributed by atoms with van der Waals surface area (Å²) in [4.78, 5) is 12.8. The minimum Gasteiger partial charge on any atom is -0.377 e. The van der Waals surface area contributed by atoms with E-state index in [0.29, 0.717) is 19.5 Å². The van der Waals surface area contributed by atoms with E-state index in [-0.39, 0.29) is 12.4 Å². The van der Waals surface area contributed by atoms with Crippen LogP contribution >= 0.6 is 0 Å². The number of nitrogens with zero attached hydrogens (tertiary/aromatic N) is 2. The van der Waals surface area contributed by atoms with Gasteiger partial charge >= 0.3 is 0 Å². The Hall–Kier alpha value is -0.920. The minimum absolute atomic E-state index is 0.0398. The molecular weight excluding hydrogens is 156 g/mol. The van der Waals surface area contributed by atoms with Crippen LogP contribution in [0.2, 0.25) is 0 Å². The summed E-state index contributed by atoms with van der Waals surface area (Å²) >= 11 is 0. The van der Waals surface area contributed by atoms with Crippen molar-refractivity contribution in [3.8, 4) is 6.07 Å². The Kier molecular flexibility index (Phi) is 6.25. The summed E-state index contributed by atoms with van der Waals surface area (Å²) in [5.74, 6) is 0.0398. The highest BCUT2D eigenvalue weighted by molar-refractivity contribution is 5.81. The van der Waals surface area contributed by atoms with E-state index in [2.05, 4.69) is 4.74 Å². The average Bonchev–Trinajstić information content (AvgIpc) is 2.01. The van der Waals surface area contributed by atoms with Gasteiger partial charge in [0.15, 0.2) is 5.78 Å². The summed E-state index contributed by atoms with van der Waals surface area (Å²) in [5.41, 5.74) is 0. The number of ketones is 1. The van der Waals surface area contributed by atoms with Crippen LogP contribution in [0.4, 0.5) is 0 Å². The van der Waals surface area contributed by atoms with Crippen LogP contribution in [-0.4, -0.2) is 44.5 Å². The molecular formula is C8H14N2O2. The molecule has 0 aromatic rings. The fourth-order valence-corrected chi connectivity index (χ4v) is 0.828. The molecule has 68 valence electrons. The molecule has 0 N–H and O–H groups in total. The molecule has 0 aromatic carbocycles. The van der Waals surface area contributed by atoms with Gasteiger partial charge in [-0.2, -0.15) is 5.26 Å². The summed E-state index contributed by atoms with van der Waals surface area (Å²) in [6.07, 6.45) is 0.455. The third kappa shape index (κ3) is 5.83. The number of ether oxygens (including phenoxy) is 1. The van der Waals surface area contributed by atoms with Gasteiger partial charge in [-0.1, -0.05) is 0 Å². The summed E-state index contributed by atoms with van der Waals surface area (Å²) in [7, 11) is 3.30. The Morgan fingerprint density at radius 2 is 2.33 bits per heavy atom. The summed E-state index contributed by atoms with van der Waals surface area (Å²) in [6, 6.07) is 2.02. The van der Waals surface area contributed by atoms with Crippen molar-refractivity contribution in [2.45, 2.75) is 6.42 Å². The van der Waals surface area contributed by atoms with Gasteiger partial charge in [-0.05, 0) is 7.05 Å². The van der Waals surface area contributed by atoms with E-state index in [1.807, 2.05) is 18.0 Å². The first-order valence-electron chi connectivity index (χ1n) is 3.76. The molecule has 0 spiro atoms. The molecule has 0 radical (unpaired) electrons. The van der Waals surface area contributed by atoms with Gasteiger partial charge in [0.1, 0.15) is 6.61 Å². The lowest BCUT2D eigenvalue weighted by atomic mass is 10.3. The Labute approximate surface area is 72.7 Å². The number of Topliss-reactive ketones (excluding diaryl/α,β-unsaturated/α-hetero) is 1. The average molecular weight is 170 g/mol. The smallest absolute Gasteiger partial charge is 0.172 e. The van der Waals surface area contributed by atoms with Gasteiger partial charge in [0.05, 0.1) is 12.6 Å². The molecule has 12 heavy (non-hydrogen) atoms. The molecule has 4 heteroatoms. The monoisotopic (exact) mass is 170 g/mol. The van der Waals surface area contributed by atoms with Crippen molar-refractivity contribution in [2.24, 2.45) is 0 Å². The van der Waals surface area contributed by atoms with E-state index < -0.39 is 0 Å². The number of hydrogen-bond donors (Lipinski definition) is 0. The fourth-order valence-electron chi connectivity index (χ4n) is 0.828. The molecule has 0 amide bonds. The maximum Gasteiger partial charge on any atom is 0.172 e. The second-order valence-electron chi connectivity index (χ2n) is 2.62. The first-order chi connectivity index (χ1) is 5.70. The van der Waals surface area contributed by atoms with Gasteiger partial charge in [0.25, 0.3) is 0 Å². The van der Waals surface area contributed by atoms with E-state index in [9.17, 15) is 4.79 Å². The zero-order chi connectivity index (χ0) is 9.40. The number of carbonyl (C=O) groups excluding carboxylic acids is 1. The number of methoxy groups -OCH3 is 1. The molecule has 0 aromatic heterocycles. The standard InChI is InChI=1S/C8H14N2O2/c1-10(5-3-4-9)6-8(11)7-12-2/h3,5-7H2,1-2H3. The molecule has 0 heterocycles. The van der Waals surface area contributed by atoms with Gasteiger partial charge in [0, 0.05) is 20.1 Å². The van der Waals surface area contributed by atoms with Crippen molar-refractivity contribution in [2.75, 3.05) is 33.9 Å². The first-order valence-corrected chi connectivity index (χ1v) is 3.76. The van der Waals surface area contributed by atoms with Gasteiger partial charge in [0.2, 0.25) is 0 Å². The molecule has 0 aliphatic carbocycles. The van der Waals surface area contributed by atoms with Gasteiger partial charge in [-0.3, -0.25) is 9.69 Å². The predicted molar refractivity (Wildman–Crippen MR) is 44.6 cm³/mol. The molecule has 0 aliphatic heterocycles. The lowest BCUT2D eigenvalue weighted by Crippen LogP contribution is -2.28. The highest BCUT2D eigenvalue weighted by Gasteiger charge is 2.04. The van der Waals surface area contributed by atoms with Gasteiger partial charge < -0.3 is 4.74 Å². The van der Waals surface area contributed by atoms with E-state index in [0.717, 1.165) is 0 Å². The highest BCUT2D eigenvalue weighted by atomic mass is 16.5. The van der Waals surface area contributed by atoms with Crippen LogP contribution in [0.3, 0.4) is 0 Å². The summed E-state index contributed by atoms with van der Waals surface area (Å²) in [6.45, 7) is 1.14. The molecule has 0 bridgehead atoms. The van der Waals surface area contributed by atoms with Crippen LogP contribution in [0.5, 0.6) is 0 Å². The molecule has 0 aliphatic rings. The van der Waals surface area contributed by atoms with Gasteiger partial charge in [-0.25, -0.2) is 0 Å². The van der Waals surface area contributed by atoms with Crippen molar-refractivity contribution in [1.82, 2.24) is 4.90 Å². The Bertz CT molecular complexity index is 174. The second-order valence-corrected chi connectivity index (χ2v) is 2.62. The largest absolute Gasteiger partial charge is 0.377 e. The van der Waals surface area contributed by atoms with Gasteiger partial charge in [-0.15, -0.1) is 0 Å². The molecule has 0 saturated heterocycles. The number of carbonyl (C=O) groups is 1. The summed E-state index contributed by atoms with van der Waals surface area (Å²) in [5, 5.41) is 8.27. The number of hydrogen-bond acceptors (Lipinski definition) is 4. The van der Waals surface area contributed by atoms with Crippen molar-refractivity contribution in [3.63, 3.8) is 0 Å². The lowest BCUT2D eigenvalue weighted by Gasteiger charge is -2.12. The van der Waals surface area contributed by atoms with E-state index >= 15 is 0 Å². The number of nitriles is 1. The summed E-state index contributed by atoms with van der Waals surface area (Å²) < 4.78 is 4.67. The Morgan fingerprint density at radius 1 is 1.67 bits per heavy atom. The quantitative estimate of drug-likeness (QED) is 0.565. The Balaban J connectivity index is 3.48. The Morgan fingerprint density at radius 3 is 2.83 bits per heavy atom. The van der Waals surface area contributed by atoms with Crippen LogP contribution in [0, 0.1) is 11.3 Å². The van der Waals surface area contributed by atoms with Crippen molar-refractivity contribution in [3.05, 3.63) is 0 Å². The van der Waals surface area contributed by atoms with Crippen molar-refractivity contribution >= 4 is 5.78 Å². The maximum atomic E-state index is 11.0. The normalized spacial score (nSPS) is 9.83. The molecule has 4 nitrogen and oxygen atoms in total. The second kappa shape index (κ2) is 6.77. The van der Waals surface area contributed by atoms with E-state index in [4.69, 9.17) is 5.26 Å². The zero-order valence-electron chi connectivity index (χ0n) is 7.54. The van der Waals surface area contributed by atoms with Crippen molar-refractivity contribution < 1.29 is 9.53 Å². The molecule has 0 rings (SSSR count). The van der Waals surface area contributed by atoms with Crippen LogP contribution in [0.25, 0.3) is 0 Å². The van der Waals surface area contributed by atoms with Crippen molar-refractivity contribution in [1.29, 1.82) is 5.26 Å². The topological polar surface area (TPSA) is 53.3 Å². The molecule has 0 saturated carbocycles. The van der Waals surface area contributed by atoms with E-state index in [1.54, 1.807) is 0 Å². The first kappa shape index (κ1) is 11.1. The SMILES string of the molecule is COCC(=O)CN(C)CCC#N. The molecule has 0 atom stereocenters. The molecule has 0 unspecified atom stereocenters. The van der Waals surface area contributed by atoms with Crippen LogP contribution in [0.15, 0.2) is 0 Å². The lowest BCUT2D eigenvalue weighted by molar-refractivity contribution is -0.123. The zero-order valence-corrected chi connectivity index (χ0v) is 7.54. The number of rotatable bonds is 6. The maximum absolute atomic E-state index is 11.0. The van der Waals surface area contributed by atoms with Crippen LogP contribution in [-0.2, 0) is 9.53 Å². The number of likely N-dealkylation sites (N-methyl/N-ethyl adjacent to an activating group) is 1. The predicted octanol–water partition coefficient (Wildman–Crippen LogP) is 0.0474. The molecule has 0 fully saturated rings. The minimum atomic E-state index is 0.0398. The third-order valence-corrected chi connectivity index (χ3v) is 1.36. The fraction of sp³-hybridized carbons (Fsp3) is 0.750. The van der Waals surface area contributed by atoms with E-state index in [1.165, 1.54) is 7.11 Å². The highest BCUT2D eigenvalue weighted by Crippen LogP contribution is 1.86. The van der Waals surface area contributed by atoms with Crippen LogP contribution in [0.1, 0.15) is 6.42 Å².